The molecule has 0 aliphatic carbocycles. The maximum absolute atomic E-state index is 5.68. The lowest BCUT2D eigenvalue weighted by atomic mass is 10.2. The summed E-state index contributed by atoms with van der Waals surface area (Å²) in [5.74, 6) is 0.880. The first-order chi connectivity index (χ1) is 8.77. The molecule has 1 aromatic rings. The molecule has 5 nitrogen and oxygen atoms in total. The Bertz CT molecular complexity index is 351. The van der Waals surface area contributed by atoms with Crippen LogP contribution in [0.2, 0.25) is 0 Å². The van der Waals surface area contributed by atoms with Gasteiger partial charge in [0.15, 0.2) is 11.4 Å². The van der Waals surface area contributed by atoms with Crippen LogP contribution in [0.5, 0.6) is 0 Å². The second-order valence-electron chi connectivity index (χ2n) is 4.63. The Labute approximate surface area is 112 Å². The average molecular weight is 271 g/mol. The van der Waals surface area contributed by atoms with Crippen molar-refractivity contribution in [2.45, 2.75) is 50.6 Å². The molecule has 0 amide bonds. The lowest BCUT2D eigenvalue weighted by molar-refractivity contribution is -0.158. The molecule has 1 unspecified atom stereocenters. The van der Waals surface area contributed by atoms with E-state index in [1.54, 1.807) is 18.1 Å². The van der Waals surface area contributed by atoms with Crippen LogP contribution in [-0.2, 0) is 9.47 Å². The van der Waals surface area contributed by atoms with Gasteiger partial charge in [0.25, 0.3) is 0 Å². The summed E-state index contributed by atoms with van der Waals surface area (Å²) in [4.78, 5) is 0. The first kappa shape index (κ1) is 13.8. The minimum absolute atomic E-state index is 0.00215. The Morgan fingerprint density at radius 2 is 2.44 bits per heavy atom. The summed E-state index contributed by atoms with van der Waals surface area (Å²) >= 11 is 1.68. The molecule has 0 N–H and O–H groups in total. The molecule has 0 spiro atoms. The third-order valence-corrected chi connectivity index (χ3v) is 3.77. The van der Waals surface area contributed by atoms with Crippen LogP contribution < -0.4 is 0 Å². The standard InChI is InChI=1S/C12H21N3O2S/c1-10(2)15-9-13-14-12(15)18-8-7-17-11-5-3-4-6-16-11/h9-11H,3-8H2,1-2H3. The minimum atomic E-state index is 0.00215. The van der Waals surface area contributed by atoms with Gasteiger partial charge >= 0.3 is 0 Å². The van der Waals surface area contributed by atoms with Crippen LogP contribution >= 0.6 is 11.8 Å². The first-order valence-corrected chi connectivity index (χ1v) is 7.51. The number of ether oxygens (including phenoxy) is 2. The van der Waals surface area contributed by atoms with E-state index < -0.39 is 0 Å². The number of hydrogen-bond donors (Lipinski definition) is 0. The van der Waals surface area contributed by atoms with Gasteiger partial charge in [-0.25, -0.2) is 0 Å². The van der Waals surface area contributed by atoms with E-state index in [1.807, 2.05) is 0 Å². The molecule has 1 saturated heterocycles. The van der Waals surface area contributed by atoms with Crippen molar-refractivity contribution in [3.63, 3.8) is 0 Å². The van der Waals surface area contributed by atoms with Crippen molar-refractivity contribution >= 4 is 11.8 Å². The van der Waals surface area contributed by atoms with E-state index in [0.717, 1.165) is 30.4 Å². The van der Waals surface area contributed by atoms with E-state index in [-0.39, 0.29) is 6.29 Å². The van der Waals surface area contributed by atoms with E-state index >= 15 is 0 Å². The smallest absolute Gasteiger partial charge is 0.191 e. The SMILES string of the molecule is CC(C)n1cnnc1SCCOC1CCCCO1. The normalized spacial score (nSPS) is 20.5. The van der Waals surface area contributed by atoms with Crippen LogP contribution in [0.25, 0.3) is 0 Å². The zero-order valence-electron chi connectivity index (χ0n) is 11.0. The van der Waals surface area contributed by atoms with Crippen LogP contribution in [0, 0.1) is 0 Å². The quantitative estimate of drug-likeness (QED) is 0.587. The Balaban J connectivity index is 1.66. The van der Waals surface area contributed by atoms with E-state index in [9.17, 15) is 0 Å². The van der Waals surface area contributed by atoms with Gasteiger partial charge in [0, 0.05) is 18.4 Å². The summed E-state index contributed by atoms with van der Waals surface area (Å²) in [7, 11) is 0. The van der Waals surface area contributed by atoms with Crippen molar-refractivity contribution in [2.75, 3.05) is 19.0 Å². The van der Waals surface area contributed by atoms with Crippen LogP contribution in [0.15, 0.2) is 11.5 Å². The zero-order valence-corrected chi connectivity index (χ0v) is 11.9. The second kappa shape index (κ2) is 7.11. The van der Waals surface area contributed by atoms with Gasteiger partial charge in [0.1, 0.15) is 6.33 Å². The van der Waals surface area contributed by atoms with E-state index in [1.165, 1.54) is 6.42 Å². The Morgan fingerprint density at radius 3 is 3.17 bits per heavy atom. The van der Waals surface area contributed by atoms with Gasteiger partial charge in [-0.15, -0.1) is 10.2 Å². The number of rotatable bonds is 6. The molecule has 0 saturated carbocycles. The second-order valence-corrected chi connectivity index (χ2v) is 5.69. The van der Waals surface area contributed by atoms with Gasteiger partial charge in [-0.3, -0.25) is 0 Å². The molecule has 102 valence electrons. The van der Waals surface area contributed by atoms with Crippen LogP contribution in [0.3, 0.4) is 0 Å². The molecule has 1 aliphatic rings. The predicted octanol–water partition coefficient (Wildman–Crippen LogP) is 2.49. The molecule has 18 heavy (non-hydrogen) atoms. The Morgan fingerprint density at radius 1 is 1.56 bits per heavy atom. The van der Waals surface area contributed by atoms with E-state index in [0.29, 0.717) is 12.6 Å². The summed E-state index contributed by atoms with van der Waals surface area (Å²) in [6.45, 7) is 5.78. The number of nitrogens with zero attached hydrogens (tertiary/aromatic N) is 3. The molecule has 0 aromatic carbocycles. The van der Waals surface area contributed by atoms with Crippen molar-refractivity contribution in [1.29, 1.82) is 0 Å². The summed E-state index contributed by atoms with van der Waals surface area (Å²) in [6, 6.07) is 0.394. The third kappa shape index (κ3) is 3.96. The van der Waals surface area contributed by atoms with Crippen molar-refractivity contribution in [1.82, 2.24) is 14.8 Å². The number of hydrogen-bond acceptors (Lipinski definition) is 5. The fourth-order valence-electron chi connectivity index (χ4n) is 1.84. The van der Waals surface area contributed by atoms with Crippen molar-refractivity contribution in [3.05, 3.63) is 6.33 Å². The molecule has 2 rings (SSSR count). The van der Waals surface area contributed by atoms with Crippen LogP contribution in [0.1, 0.15) is 39.2 Å². The summed E-state index contributed by atoms with van der Waals surface area (Å²) in [6.07, 6.45) is 5.17. The maximum atomic E-state index is 5.68. The third-order valence-electron chi connectivity index (χ3n) is 2.85. The zero-order chi connectivity index (χ0) is 12.8. The molecular formula is C12H21N3O2S. The molecular weight excluding hydrogens is 250 g/mol. The predicted molar refractivity (Wildman–Crippen MR) is 70.7 cm³/mol. The topological polar surface area (TPSA) is 49.2 Å². The molecule has 0 bridgehead atoms. The maximum Gasteiger partial charge on any atom is 0.191 e. The van der Waals surface area contributed by atoms with E-state index in [4.69, 9.17) is 9.47 Å². The van der Waals surface area contributed by atoms with E-state index in [2.05, 4.69) is 28.6 Å². The highest BCUT2D eigenvalue weighted by Gasteiger charge is 2.14. The fourth-order valence-corrected chi connectivity index (χ4v) is 2.72. The van der Waals surface area contributed by atoms with Crippen molar-refractivity contribution in [3.8, 4) is 0 Å². The molecule has 1 fully saturated rings. The molecule has 1 aliphatic heterocycles. The van der Waals surface area contributed by atoms with Crippen LogP contribution in [-0.4, -0.2) is 40.0 Å². The Hall–Kier alpha value is -0.590. The molecule has 1 aromatic heterocycles. The lowest BCUT2D eigenvalue weighted by Gasteiger charge is -2.22. The molecule has 2 heterocycles. The van der Waals surface area contributed by atoms with Gasteiger partial charge in [-0.1, -0.05) is 11.8 Å². The van der Waals surface area contributed by atoms with Gasteiger partial charge in [-0.2, -0.15) is 0 Å². The van der Waals surface area contributed by atoms with Gasteiger partial charge in [-0.05, 0) is 33.1 Å². The van der Waals surface area contributed by atoms with Crippen molar-refractivity contribution < 1.29 is 9.47 Å². The molecule has 6 heteroatoms. The molecule has 1 atom stereocenters. The minimum Gasteiger partial charge on any atom is -0.353 e. The Kier molecular flexibility index (Phi) is 5.46. The highest BCUT2D eigenvalue weighted by molar-refractivity contribution is 7.99. The summed E-state index contributed by atoms with van der Waals surface area (Å²) in [5, 5.41) is 9.01. The fraction of sp³-hybridized carbons (Fsp3) is 0.833. The summed E-state index contributed by atoms with van der Waals surface area (Å²) in [5.41, 5.74) is 0. The average Bonchev–Trinajstić information content (AvgIpc) is 2.84. The van der Waals surface area contributed by atoms with Crippen LogP contribution in [0.4, 0.5) is 0 Å². The summed E-state index contributed by atoms with van der Waals surface area (Å²) < 4.78 is 13.3. The van der Waals surface area contributed by atoms with Gasteiger partial charge < -0.3 is 14.0 Å². The van der Waals surface area contributed by atoms with Gasteiger partial charge in [0.05, 0.1) is 6.61 Å². The highest BCUT2D eigenvalue weighted by Crippen LogP contribution is 2.19. The largest absolute Gasteiger partial charge is 0.353 e. The number of aromatic nitrogens is 3. The first-order valence-electron chi connectivity index (χ1n) is 6.53. The lowest BCUT2D eigenvalue weighted by Crippen LogP contribution is -2.23. The van der Waals surface area contributed by atoms with Crippen molar-refractivity contribution in [2.24, 2.45) is 0 Å². The molecule has 0 radical (unpaired) electrons. The monoisotopic (exact) mass is 271 g/mol. The van der Waals surface area contributed by atoms with Gasteiger partial charge in [0.2, 0.25) is 0 Å². The highest BCUT2D eigenvalue weighted by atomic mass is 32.2. The number of thioether (sulfide) groups is 1.